The van der Waals surface area contributed by atoms with Crippen LogP contribution in [0.4, 0.5) is 0 Å². The molecule has 0 spiro atoms. The number of allylic oxidation sites excluding steroid dienone is 4. The Bertz CT molecular complexity index is 1350. The molecule has 0 nitrogen and oxygen atoms in total. The fourth-order valence-electron chi connectivity index (χ4n) is 6.65. The maximum atomic E-state index is 2.75. The quantitative estimate of drug-likeness (QED) is 0.262. The van der Waals surface area contributed by atoms with Crippen molar-refractivity contribution in [2.75, 3.05) is 0 Å². The Morgan fingerprint density at radius 1 is 0.789 bits per heavy atom. The summed E-state index contributed by atoms with van der Waals surface area (Å²) in [5, 5.41) is 1.70. The molecular formula is C36H50SiZr. The van der Waals surface area contributed by atoms with Crippen molar-refractivity contribution in [3.63, 3.8) is 0 Å². The summed E-state index contributed by atoms with van der Waals surface area (Å²) in [5.74, 6) is 0.616. The van der Waals surface area contributed by atoms with Crippen LogP contribution in [0.2, 0.25) is 19.6 Å². The first-order valence-corrected chi connectivity index (χ1v) is 22.3. The number of rotatable bonds is 3. The summed E-state index contributed by atoms with van der Waals surface area (Å²) in [5.41, 5.74) is 9.65. The summed E-state index contributed by atoms with van der Waals surface area (Å²) in [6, 6.07) is 12.7. The summed E-state index contributed by atoms with van der Waals surface area (Å²) < 4.78 is 5.70. The first kappa shape index (κ1) is 28.4. The summed E-state index contributed by atoms with van der Waals surface area (Å²) in [4.78, 5) is 0. The third-order valence-corrected chi connectivity index (χ3v) is 19.5. The van der Waals surface area contributed by atoms with Crippen molar-refractivity contribution in [3.8, 4) is 11.1 Å². The van der Waals surface area contributed by atoms with Crippen LogP contribution in [0, 0.1) is 5.92 Å². The van der Waals surface area contributed by atoms with Gasteiger partial charge in [0.25, 0.3) is 0 Å². The van der Waals surface area contributed by atoms with E-state index < -0.39 is 29.3 Å². The van der Waals surface area contributed by atoms with Crippen molar-refractivity contribution >= 4 is 14.6 Å². The van der Waals surface area contributed by atoms with Gasteiger partial charge < -0.3 is 0 Å². The standard InChI is InChI=1S/C21H25.C9H15Si.C6H10.Zr/c1-20(2,3)16-9-7-14-11-15-8-10-17(21(4,5)6)13-19(15)18(14)12-16;1-8-5-6-9(7-8)10(2,3)4;1-2-4-6-5-3-1;/h7,9-10,12-13H,11H2,1-6H3;6-8H,1-4H3;1-5H2;. The Morgan fingerprint density at radius 2 is 1.42 bits per heavy atom. The number of hydrogen-bond donors (Lipinski definition) is 0. The van der Waals surface area contributed by atoms with Gasteiger partial charge >= 0.3 is 244 Å². The van der Waals surface area contributed by atoms with Crippen LogP contribution < -0.4 is 3.27 Å². The van der Waals surface area contributed by atoms with Gasteiger partial charge in [0.1, 0.15) is 0 Å². The SMILES string of the molecule is CC1C=C([Si](C)(C)C)C=[C]1[Zr](=[C]1CCCCC1)[c]1cc(C(C)(C)C)cc2c1Cc1ccc(C(C)(C)C)cc1-2. The van der Waals surface area contributed by atoms with Crippen LogP contribution in [0.3, 0.4) is 0 Å². The molecule has 0 aliphatic heterocycles. The molecule has 0 bridgehead atoms. The molecule has 3 aliphatic carbocycles. The van der Waals surface area contributed by atoms with Crippen molar-refractivity contribution in [1.82, 2.24) is 0 Å². The number of benzene rings is 2. The zero-order valence-electron chi connectivity index (χ0n) is 25.9. The molecule has 2 heteroatoms. The Morgan fingerprint density at radius 3 is 2.00 bits per heavy atom. The molecule has 0 radical (unpaired) electrons. The molecular weight excluding hydrogens is 552 g/mol. The molecule has 0 saturated heterocycles. The van der Waals surface area contributed by atoms with E-state index in [4.69, 9.17) is 0 Å². The van der Waals surface area contributed by atoms with Gasteiger partial charge in [-0.1, -0.05) is 0 Å². The summed E-state index contributed by atoms with van der Waals surface area (Å²) in [6.07, 6.45) is 13.6. The molecule has 1 fully saturated rings. The van der Waals surface area contributed by atoms with Crippen molar-refractivity contribution in [3.05, 3.63) is 73.2 Å². The van der Waals surface area contributed by atoms with Gasteiger partial charge in [0.15, 0.2) is 0 Å². The molecule has 202 valence electrons. The van der Waals surface area contributed by atoms with Crippen LogP contribution in [-0.2, 0) is 38.5 Å². The van der Waals surface area contributed by atoms with Crippen molar-refractivity contribution < 1.29 is 21.3 Å². The second kappa shape index (κ2) is 10.1. The average Bonchev–Trinajstić information content (AvgIpc) is 3.39. The van der Waals surface area contributed by atoms with E-state index in [-0.39, 0.29) is 10.8 Å². The van der Waals surface area contributed by atoms with Crippen LogP contribution >= 0.6 is 0 Å². The van der Waals surface area contributed by atoms with Gasteiger partial charge in [-0.3, -0.25) is 0 Å². The third-order valence-electron chi connectivity index (χ3n) is 9.22. The van der Waals surface area contributed by atoms with Gasteiger partial charge in [-0.25, -0.2) is 0 Å². The van der Waals surface area contributed by atoms with Crippen LogP contribution in [0.25, 0.3) is 11.1 Å². The Labute approximate surface area is 242 Å². The molecule has 1 saturated carbocycles. The Kier molecular flexibility index (Phi) is 7.53. The zero-order chi connectivity index (χ0) is 27.6. The molecule has 38 heavy (non-hydrogen) atoms. The van der Waals surface area contributed by atoms with Crippen LogP contribution in [0.1, 0.15) is 103 Å². The molecule has 3 aliphatic rings. The Balaban J connectivity index is 1.78. The van der Waals surface area contributed by atoms with Crippen molar-refractivity contribution in [2.45, 2.75) is 117 Å². The van der Waals surface area contributed by atoms with E-state index in [9.17, 15) is 0 Å². The molecule has 2 aromatic rings. The van der Waals surface area contributed by atoms with Crippen molar-refractivity contribution in [1.29, 1.82) is 0 Å². The molecule has 5 rings (SSSR count). The molecule has 0 amide bonds. The summed E-state index contributed by atoms with van der Waals surface area (Å²) in [6.45, 7) is 24.4. The number of fused-ring (bicyclic) bond motifs is 3. The van der Waals surface area contributed by atoms with Crippen LogP contribution in [0.5, 0.6) is 0 Å². The minimum absolute atomic E-state index is 0.150. The van der Waals surface area contributed by atoms with Crippen molar-refractivity contribution in [2.24, 2.45) is 5.92 Å². The topological polar surface area (TPSA) is 0 Å². The Hall–Kier alpha value is -1.11. The summed E-state index contributed by atoms with van der Waals surface area (Å²) >= 11 is -2.27. The third kappa shape index (κ3) is 5.43. The average molecular weight is 602 g/mol. The van der Waals surface area contributed by atoms with E-state index in [0.717, 1.165) is 6.42 Å². The second-order valence-electron chi connectivity index (χ2n) is 15.4. The van der Waals surface area contributed by atoms with Gasteiger partial charge in [0.2, 0.25) is 0 Å². The number of hydrogen-bond acceptors (Lipinski definition) is 0. The van der Waals surface area contributed by atoms with Gasteiger partial charge in [-0.2, -0.15) is 0 Å². The van der Waals surface area contributed by atoms with Gasteiger partial charge in [0.05, 0.1) is 0 Å². The molecule has 2 aromatic carbocycles. The fraction of sp³-hybridized carbons (Fsp3) is 0.528. The normalized spacial score (nSPS) is 19.7. The molecule has 0 heterocycles. The fourth-order valence-corrected chi connectivity index (χ4v) is 17.2. The van der Waals surface area contributed by atoms with E-state index in [1.807, 2.05) is 9.76 Å². The first-order valence-electron chi connectivity index (χ1n) is 15.1. The zero-order valence-corrected chi connectivity index (χ0v) is 29.3. The van der Waals surface area contributed by atoms with Gasteiger partial charge in [-0.15, -0.1) is 0 Å². The van der Waals surface area contributed by atoms with E-state index in [1.165, 1.54) is 43.2 Å². The van der Waals surface area contributed by atoms with E-state index in [2.05, 4.69) is 111 Å². The maximum absolute atomic E-state index is 2.75. The van der Waals surface area contributed by atoms with Gasteiger partial charge in [0, 0.05) is 0 Å². The molecule has 0 aromatic heterocycles. The van der Waals surface area contributed by atoms with E-state index in [1.54, 1.807) is 27.5 Å². The molecule has 1 atom stereocenters. The second-order valence-corrected chi connectivity index (χ2v) is 26.8. The van der Waals surface area contributed by atoms with Crippen LogP contribution in [-0.4, -0.2) is 11.3 Å². The summed E-state index contributed by atoms with van der Waals surface area (Å²) in [7, 11) is -1.33. The van der Waals surface area contributed by atoms with E-state index in [0.29, 0.717) is 5.92 Å². The molecule has 0 N–H and O–H groups in total. The first-order chi connectivity index (χ1) is 17.6. The van der Waals surface area contributed by atoms with Crippen LogP contribution in [0.15, 0.2) is 51.0 Å². The molecule has 1 unspecified atom stereocenters. The van der Waals surface area contributed by atoms with E-state index >= 15 is 0 Å². The predicted octanol–water partition coefficient (Wildman–Crippen LogP) is 9.57. The predicted molar refractivity (Wildman–Crippen MR) is 168 cm³/mol. The van der Waals surface area contributed by atoms with Gasteiger partial charge in [-0.05, 0) is 0 Å². The monoisotopic (exact) mass is 600 g/mol. The minimum atomic E-state index is -2.27.